The van der Waals surface area contributed by atoms with Crippen LogP contribution in [0.5, 0.6) is 0 Å². The topological polar surface area (TPSA) is 43.8 Å². The second-order valence-electron chi connectivity index (χ2n) is 5.85. The molecule has 0 aliphatic heterocycles. The van der Waals surface area contributed by atoms with E-state index in [9.17, 15) is 0 Å². The second-order valence-corrected chi connectivity index (χ2v) is 5.85. The van der Waals surface area contributed by atoms with E-state index in [1.54, 1.807) is 0 Å². The van der Waals surface area contributed by atoms with Gasteiger partial charge in [-0.3, -0.25) is 0 Å². The second kappa shape index (κ2) is 6.37. The normalized spacial score (nSPS) is 26.2. The van der Waals surface area contributed by atoms with E-state index in [4.69, 9.17) is 5.73 Å². The third-order valence-electron chi connectivity index (χ3n) is 4.52. The first-order valence-electron chi connectivity index (χ1n) is 7.45. The smallest absolute Gasteiger partial charge is 0.125 e. The summed E-state index contributed by atoms with van der Waals surface area (Å²) in [5, 5.41) is 0. The van der Waals surface area contributed by atoms with Gasteiger partial charge in [-0.15, -0.1) is 0 Å². The van der Waals surface area contributed by atoms with Crippen molar-refractivity contribution in [3.05, 3.63) is 18.2 Å². The monoisotopic (exact) mass is 249 g/mol. The third kappa shape index (κ3) is 3.14. The van der Waals surface area contributed by atoms with E-state index in [0.29, 0.717) is 5.92 Å². The highest BCUT2D eigenvalue weighted by Crippen LogP contribution is 2.36. The molecule has 1 saturated carbocycles. The van der Waals surface area contributed by atoms with Gasteiger partial charge in [0.1, 0.15) is 5.82 Å². The standard InChI is InChI=1S/C15H27N3/c1-3-4-5-12-6-8-13(9-7-12)14(16)15-17-10-11-18(15)2/h10-14H,3-9,16H2,1-2H3. The van der Waals surface area contributed by atoms with Crippen LogP contribution in [-0.2, 0) is 7.05 Å². The molecule has 0 spiro atoms. The summed E-state index contributed by atoms with van der Waals surface area (Å²) in [5.74, 6) is 2.63. The first kappa shape index (κ1) is 13.6. The van der Waals surface area contributed by atoms with Crippen molar-refractivity contribution in [3.8, 4) is 0 Å². The van der Waals surface area contributed by atoms with Gasteiger partial charge in [-0.2, -0.15) is 0 Å². The Kier molecular flexibility index (Phi) is 4.81. The minimum atomic E-state index is 0.122. The van der Waals surface area contributed by atoms with Crippen LogP contribution < -0.4 is 5.73 Å². The molecule has 3 heteroatoms. The van der Waals surface area contributed by atoms with Crippen LogP contribution in [-0.4, -0.2) is 9.55 Å². The Labute approximate surface area is 111 Å². The maximum Gasteiger partial charge on any atom is 0.125 e. The van der Waals surface area contributed by atoms with Crippen LogP contribution in [0.25, 0.3) is 0 Å². The summed E-state index contributed by atoms with van der Waals surface area (Å²) >= 11 is 0. The highest BCUT2D eigenvalue weighted by atomic mass is 15.1. The molecular formula is C15H27N3. The first-order valence-corrected chi connectivity index (χ1v) is 7.45. The third-order valence-corrected chi connectivity index (χ3v) is 4.52. The van der Waals surface area contributed by atoms with Crippen molar-refractivity contribution in [2.45, 2.75) is 57.9 Å². The molecule has 18 heavy (non-hydrogen) atoms. The lowest BCUT2D eigenvalue weighted by atomic mass is 9.77. The van der Waals surface area contributed by atoms with E-state index in [-0.39, 0.29) is 6.04 Å². The Hall–Kier alpha value is -0.830. The van der Waals surface area contributed by atoms with Gasteiger partial charge in [0.25, 0.3) is 0 Å². The largest absolute Gasteiger partial charge is 0.337 e. The van der Waals surface area contributed by atoms with Gasteiger partial charge in [0, 0.05) is 19.4 Å². The van der Waals surface area contributed by atoms with E-state index in [1.165, 1.54) is 44.9 Å². The van der Waals surface area contributed by atoms with Crippen molar-refractivity contribution in [1.82, 2.24) is 9.55 Å². The van der Waals surface area contributed by atoms with Gasteiger partial charge in [0.15, 0.2) is 0 Å². The van der Waals surface area contributed by atoms with Crippen LogP contribution in [0.3, 0.4) is 0 Å². The maximum absolute atomic E-state index is 6.38. The predicted octanol–water partition coefficient (Wildman–Crippen LogP) is 3.42. The quantitative estimate of drug-likeness (QED) is 0.869. The molecule has 0 bridgehead atoms. The van der Waals surface area contributed by atoms with Gasteiger partial charge in [-0.1, -0.05) is 39.0 Å². The van der Waals surface area contributed by atoms with Crippen LogP contribution in [0, 0.1) is 11.8 Å². The Bertz CT molecular complexity index is 350. The summed E-state index contributed by atoms with van der Waals surface area (Å²) in [6.07, 6.45) is 13.3. The maximum atomic E-state index is 6.38. The van der Waals surface area contributed by atoms with Crippen molar-refractivity contribution in [2.75, 3.05) is 0 Å². The fraction of sp³-hybridized carbons (Fsp3) is 0.800. The molecule has 3 nitrogen and oxygen atoms in total. The van der Waals surface area contributed by atoms with Crippen LogP contribution in [0.1, 0.15) is 63.7 Å². The zero-order chi connectivity index (χ0) is 13.0. The lowest BCUT2D eigenvalue weighted by molar-refractivity contribution is 0.227. The average Bonchev–Trinajstić information content (AvgIpc) is 2.82. The van der Waals surface area contributed by atoms with E-state index < -0.39 is 0 Å². The summed E-state index contributed by atoms with van der Waals surface area (Å²) < 4.78 is 2.06. The number of hydrogen-bond donors (Lipinski definition) is 1. The van der Waals surface area contributed by atoms with E-state index in [1.807, 2.05) is 19.4 Å². The summed E-state index contributed by atoms with van der Waals surface area (Å²) in [7, 11) is 2.04. The molecule has 1 unspecified atom stereocenters. The molecule has 1 aromatic heterocycles. The number of nitrogens with zero attached hydrogens (tertiary/aromatic N) is 2. The van der Waals surface area contributed by atoms with Gasteiger partial charge in [-0.25, -0.2) is 4.98 Å². The lowest BCUT2D eigenvalue weighted by Gasteiger charge is -2.31. The highest BCUT2D eigenvalue weighted by Gasteiger charge is 2.27. The number of imidazole rings is 1. The van der Waals surface area contributed by atoms with Crippen LogP contribution in [0.15, 0.2) is 12.4 Å². The molecule has 0 saturated heterocycles. The molecule has 1 aliphatic rings. The summed E-state index contributed by atoms with van der Waals surface area (Å²) in [6.45, 7) is 2.28. The van der Waals surface area contributed by atoms with Gasteiger partial charge >= 0.3 is 0 Å². The fourth-order valence-corrected chi connectivity index (χ4v) is 3.24. The molecule has 0 amide bonds. The van der Waals surface area contributed by atoms with Crippen molar-refractivity contribution in [3.63, 3.8) is 0 Å². The molecule has 1 atom stereocenters. The minimum absolute atomic E-state index is 0.122. The van der Waals surface area contributed by atoms with Gasteiger partial charge < -0.3 is 10.3 Å². The van der Waals surface area contributed by atoms with Crippen molar-refractivity contribution in [1.29, 1.82) is 0 Å². The zero-order valence-electron chi connectivity index (χ0n) is 11.8. The van der Waals surface area contributed by atoms with Crippen molar-refractivity contribution >= 4 is 0 Å². The predicted molar refractivity (Wildman–Crippen MR) is 75.1 cm³/mol. The van der Waals surface area contributed by atoms with Crippen LogP contribution >= 0.6 is 0 Å². The van der Waals surface area contributed by atoms with E-state index in [0.717, 1.165) is 11.7 Å². The van der Waals surface area contributed by atoms with Crippen molar-refractivity contribution in [2.24, 2.45) is 24.6 Å². The molecule has 1 heterocycles. The van der Waals surface area contributed by atoms with Crippen LogP contribution in [0.2, 0.25) is 0 Å². The zero-order valence-corrected chi connectivity index (χ0v) is 11.8. The molecule has 0 aromatic carbocycles. The minimum Gasteiger partial charge on any atom is -0.337 e. The van der Waals surface area contributed by atoms with Gasteiger partial charge in [0.2, 0.25) is 0 Å². The van der Waals surface area contributed by atoms with Gasteiger partial charge in [0.05, 0.1) is 6.04 Å². The van der Waals surface area contributed by atoms with Gasteiger partial charge in [-0.05, 0) is 24.7 Å². The molecule has 2 rings (SSSR count). The molecule has 2 N–H and O–H groups in total. The molecule has 102 valence electrons. The Balaban J connectivity index is 1.84. The Morgan fingerprint density at radius 3 is 2.67 bits per heavy atom. The first-order chi connectivity index (χ1) is 8.72. The number of rotatable bonds is 5. The average molecular weight is 249 g/mol. The SMILES string of the molecule is CCCCC1CCC(C(N)c2nccn2C)CC1. The van der Waals surface area contributed by atoms with Crippen molar-refractivity contribution < 1.29 is 0 Å². The Morgan fingerprint density at radius 1 is 1.39 bits per heavy atom. The molecule has 1 fully saturated rings. The number of hydrogen-bond acceptors (Lipinski definition) is 2. The number of nitrogens with two attached hydrogens (primary N) is 1. The molecule has 1 aliphatic carbocycles. The molecule has 0 radical (unpaired) electrons. The van der Waals surface area contributed by atoms with E-state index in [2.05, 4.69) is 16.5 Å². The lowest BCUT2D eigenvalue weighted by Crippen LogP contribution is -2.28. The Morgan fingerprint density at radius 2 is 2.11 bits per heavy atom. The summed E-state index contributed by atoms with van der Waals surface area (Å²) in [6, 6.07) is 0.122. The summed E-state index contributed by atoms with van der Waals surface area (Å²) in [5.41, 5.74) is 6.38. The number of unbranched alkanes of at least 4 members (excludes halogenated alkanes) is 1. The number of aromatic nitrogens is 2. The molecule has 1 aromatic rings. The summed E-state index contributed by atoms with van der Waals surface area (Å²) in [4.78, 5) is 4.40. The van der Waals surface area contributed by atoms with Crippen LogP contribution in [0.4, 0.5) is 0 Å². The molecular weight excluding hydrogens is 222 g/mol. The van der Waals surface area contributed by atoms with E-state index >= 15 is 0 Å². The highest BCUT2D eigenvalue weighted by molar-refractivity contribution is 5.00. The number of aryl methyl sites for hydroxylation is 1. The fourth-order valence-electron chi connectivity index (χ4n) is 3.24.